The molecule has 1 aliphatic rings. The average molecular weight is 313 g/mol. The van der Waals surface area contributed by atoms with Gasteiger partial charge < -0.3 is 10.1 Å². The maximum absolute atomic E-state index is 5.66. The normalized spacial score (nSPS) is 13.1. The van der Waals surface area contributed by atoms with Gasteiger partial charge in [-0.05, 0) is 24.1 Å². The number of hydrogen-bond donors (Lipinski definition) is 1. The Labute approximate surface area is 131 Å². The molecular weight excluding hydrogens is 295 g/mol. The molecular formula is C15H18Cl2N2O. The van der Waals surface area contributed by atoms with Crippen LogP contribution in [0, 0.1) is 6.92 Å². The Balaban J connectivity index is 0.000001000. The Morgan fingerprint density at radius 3 is 2.60 bits per heavy atom. The van der Waals surface area contributed by atoms with Crippen LogP contribution in [-0.2, 0) is 6.54 Å². The quantitative estimate of drug-likeness (QED) is 0.876. The van der Waals surface area contributed by atoms with Crippen LogP contribution in [0.5, 0.6) is 5.88 Å². The number of hydrogen-bond acceptors (Lipinski definition) is 3. The lowest BCUT2D eigenvalue weighted by atomic mass is 10.0. The third kappa shape index (κ3) is 3.42. The van der Waals surface area contributed by atoms with Crippen LogP contribution in [-0.4, -0.2) is 18.1 Å². The molecule has 1 N–H and O–H groups in total. The summed E-state index contributed by atoms with van der Waals surface area (Å²) >= 11 is 0. The van der Waals surface area contributed by atoms with Gasteiger partial charge >= 0.3 is 0 Å². The smallest absolute Gasteiger partial charge is 0.218 e. The molecule has 0 aliphatic carbocycles. The lowest BCUT2D eigenvalue weighted by Gasteiger charge is -2.11. The van der Waals surface area contributed by atoms with E-state index < -0.39 is 0 Å². The number of nitrogens with one attached hydrogen (secondary N) is 1. The molecule has 0 fully saturated rings. The highest BCUT2D eigenvalue weighted by molar-refractivity contribution is 5.85. The van der Waals surface area contributed by atoms with Gasteiger partial charge in [-0.2, -0.15) is 0 Å². The van der Waals surface area contributed by atoms with Gasteiger partial charge in [-0.25, -0.2) is 4.98 Å². The van der Waals surface area contributed by atoms with E-state index >= 15 is 0 Å². The van der Waals surface area contributed by atoms with Gasteiger partial charge in [0.05, 0.1) is 0 Å². The van der Waals surface area contributed by atoms with Crippen LogP contribution in [0.3, 0.4) is 0 Å². The first kappa shape index (κ1) is 16.8. The van der Waals surface area contributed by atoms with Gasteiger partial charge in [0.25, 0.3) is 0 Å². The van der Waals surface area contributed by atoms with E-state index in [4.69, 9.17) is 4.74 Å². The maximum Gasteiger partial charge on any atom is 0.218 e. The van der Waals surface area contributed by atoms with E-state index in [1.165, 1.54) is 16.7 Å². The van der Waals surface area contributed by atoms with Crippen molar-refractivity contribution in [1.29, 1.82) is 0 Å². The molecule has 0 unspecified atom stereocenters. The summed E-state index contributed by atoms with van der Waals surface area (Å²) in [5, 5.41) is 3.36. The van der Waals surface area contributed by atoms with Crippen molar-refractivity contribution in [3.05, 3.63) is 47.7 Å². The predicted molar refractivity (Wildman–Crippen MR) is 86.1 cm³/mol. The summed E-state index contributed by atoms with van der Waals surface area (Å²) in [5.41, 5.74) is 4.84. The fourth-order valence-corrected chi connectivity index (χ4v) is 2.21. The van der Waals surface area contributed by atoms with Crippen molar-refractivity contribution in [2.45, 2.75) is 13.5 Å². The fourth-order valence-electron chi connectivity index (χ4n) is 2.21. The second-order valence-corrected chi connectivity index (χ2v) is 4.53. The molecule has 0 spiro atoms. The predicted octanol–water partition coefficient (Wildman–Crippen LogP) is 3.38. The van der Waals surface area contributed by atoms with Gasteiger partial charge in [-0.15, -0.1) is 24.8 Å². The van der Waals surface area contributed by atoms with E-state index in [0.29, 0.717) is 6.61 Å². The number of nitrogens with zero attached hydrogens (tertiary/aromatic N) is 1. The van der Waals surface area contributed by atoms with Crippen molar-refractivity contribution in [3.63, 3.8) is 0 Å². The number of aromatic nitrogens is 1. The van der Waals surface area contributed by atoms with Gasteiger partial charge in [0.15, 0.2) is 0 Å². The lowest BCUT2D eigenvalue weighted by Crippen LogP contribution is -2.16. The molecule has 1 aromatic carbocycles. The SMILES string of the molecule is Cc1ccc(-c2ccnc3c2CNCCO3)cc1.Cl.Cl. The Hall–Kier alpha value is -1.29. The number of pyridine rings is 1. The number of rotatable bonds is 1. The zero-order valence-corrected chi connectivity index (χ0v) is 12.9. The molecule has 3 rings (SSSR count). The van der Waals surface area contributed by atoms with Crippen LogP contribution < -0.4 is 10.1 Å². The Kier molecular flexibility index (Phi) is 6.27. The van der Waals surface area contributed by atoms with E-state index in [-0.39, 0.29) is 24.8 Å². The molecule has 3 nitrogen and oxygen atoms in total. The highest BCUT2D eigenvalue weighted by Crippen LogP contribution is 2.29. The van der Waals surface area contributed by atoms with Crippen LogP contribution >= 0.6 is 24.8 Å². The van der Waals surface area contributed by atoms with Gasteiger partial charge in [0.2, 0.25) is 5.88 Å². The molecule has 2 aromatic rings. The molecule has 0 saturated heterocycles. The first-order valence-corrected chi connectivity index (χ1v) is 6.23. The Morgan fingerprint density at radius 2 is 1.85 bits per heavy atom. The van der Waals surface area contributed by atoms with Crippen LogP contribution in [0.2, 0.25) is 0 Å². The second-order valence-electron chi connectivity index (χ2n) is 4.53. The minimum atomic E-state index is 0. The van der Waals surface area contributed by atoms with Crippen LogP contribution in [0.25, 0.3) is 11.1 Å². The molecule has 1 aliphatic heterocycles. The molecule has 0 bridgehead atoms. The standard InChI is InChI=1S/C15H16N2O.2ClH/c1-11-2-4-12(5-3-11)13-6-7-17-15-14(13)10-16-8-9-18-15;;/h2-7,16H,8-10H2,1H3;2*1H. The molecule has 20 heavy (non-hydrogen) atoms. The summed E-state index contributed by atoms with van der Waals surface area (Å²) in [7, 11) is 0. The van der Waals surface area contributed by atoms with Gasteiger partial charge in [-0.1, -0.05) is 29.8 Å². The van der Waals surface area contributed by atoms with Crippen molar-refractivity contribution >= 4 is 24.8 Å². The fraction of sp³-hybridized carbons (Fsp3) is 0.267. The summed E-state index contributed by atoms with van der Waals surface area (Å²) in [4.78, 5) is 4.32. The van der Waals surface area contributed by atoms with Crippen molar-refractivity contribution in [1.82, 2.24) is 10.3 Å². The molecule has 108 valence electrons. The van der Waals surface area contributed by atoms with Crippen LogP contribution in [0.1, 0.15) is 11.1 Å². The van der Waals surface area contributed by atoms with Crippen molar-refractivity contribution < 1.29 is 4.74 Å². The van der Waals surface area contributed by atoms with E-state index in [1.54, 1.807) is 0 Å². The third-order valence-corrected chi connectivity index (χ3v) is 3.20. The number of aryl methyl sites for hydroxylation is 1. The minimum Gasteiger partial charge on any atom is -0.476 e. The number of ether oxygens (including phenoxy) is 1. The first-order chi connectivity index (χ1) is 8.84. The zero-order chi connectivity index (χ0) is 12.4. The second kappa shape index (κ2) is 7.48. The van der Waals surface area contributed by atoms with E-state index in [0.717, 1.165) is 24.5 Å². The summed E-state index contributed by atoms with van der Waals surface area (Å²) < 4.78 is 5.66. The largest absolute Gasteiger partial charge is 0.476 e. The maximum atomic E-state index is 5.66. The zero-order valence-electron chi connectivity index (χ0n) is 11.3. The monoisotopic (exact) mass is 312 g/mol. The lowest BCUT2D eigenvalue weighted by molar-refractivity contribution is 0.314. The van der Waals surface area contributed by atoms with Crippen LogP contribution in [0.15, 0.2) is 36.5 Å². The summed E-state index contributed by atoms with van der Waals surface area (Å²) in [5.74, 6) is 0.762. The average Bonchev–Trinajstić information content (AvgIpc) is 2.64. The van der Waals surface area contributed by atoms with E-state index in [1.807, 2.05) is 6.20 Å². The molecule has 0 saturated carbocycles. The summed E-state index contributed by atoms with van der Waals surface area (Å²) in [6, 6.07) is 10.6. The summed E-state index contributed by atoms with van der Waals surface area (Å²) in [6.07, 6.45) is 1.82. The van der Waals surface area contributed by atoms with Crippen LogP contribution in [0.4, 0.5) is 0 Å². The van der Waals surface area contributed by atoms with Crippen molar-refractivity contribution in [2.24, 2.45) is 0 Å². The highest BCUT2D eigenvalue weighted by atomic mass is 35.5. The van der Waals surface area contributed by atoms with Crippen molar-refractivity contribution in [2.75, 3.05) is 13.2 Å². The van der Waals surface area contributed by atoms with Gasteiger partial charge in [0.1, 0.15) is 6.61 Å². The van der Waals surface area contributed by atoms with Crippen molar-refractivity contribution in [3.8, 4) is 17.0 Å². The third-order valence-electron chi connectivity index (χ3n) is 3.20. The number of fused-ring (bicyclic) bond motifs is 1. The molecule has 0 atom stereocenters. The summed E-state index contributed by atoms with van der Waals surface area (Å²) in [6.45, 7) is 4.45. The number of benzene rings is 1. The first-order valence-electron chi connectivity index (χ1n) is 6.23. The molecule has 1 aromatic heterocycles. The molecule has 2 heterocycles. The topological polar surface area (TPSA) is 34.2 Å². The minimum absolute atomic E-state index is 0. The Bertz CT molecular complexity index is 558. The van der Waals surface area contributed by atoms with E-state index in [2.05, 4.69) is 47.6 Å². The highest BCUT2D eigenvalue weighted by Gasteiger charge is 2.14. The molecule has 0 amide bonds. The van der Waals surface area contributed by atoms with Gasteiger partial charge in [-0.3, -0.25) is 0 Å². The van der Waals surface area contributed by atoms with Gasteiger partial charge in [0, 0.05) is 24.8 Å². The molecule has 5 heteroatoms. The molecule has 0 radical (unpaired) electrons. The number of halogens is 2. The van der Waals surface area contributed by atoms with E-state index in [9.17, 15) is 0 Å². The Morgan fingerprint density at radius 1 is 1.10 bits per heavy atom.